The first-order chi connectivity index (χ1) is 16.0. The minimum Gasteiger partial charge on any atom is -0.330 e. The van der Waals surface area contributed by atoms with Crippen LogP contribution in [0.3, 0.4) is 0 Å². The van der Waals surface area contributed by atoms with Crippen LogP contribution in [-0.2, 0) is 9.59 Å². The first kappa shape index (κ1) is 21.1. The van der Waals surface area contributed by atoms with Crippen molar-refractivity contribution >= 4 is 11.8 Å². The molecule has 5 aliphatic rings. The summed E-state index contributed by atoms with van der Waals surface area (Å²) < 4.78 is 13.5. The molecule has 3 heterocycles. The first-order valence-corrected chi connectivity index (χ1v) is 12.3. The summed E-state index contributed by atoms with van der Waals surface area (Å²) in [6.45, 7) is 1.05. The van der Waals surface area contributed by atoms with E-state index in [9.17, 15) is 19.2 Å². The molecule has 6 rings (SSSR count). The number of nitrogens with zero attached hydrogens (tertiary/aromatic N) is 4. The van der Waals surface area contributed by atoms with Crippen LogP contribution in [0.25, 0.3) is 0 Å². The summed E-state index contributed by atoms with van der Waals surface area (Å²) in [6.07, 6.45) is 5.83. The van der Waals surface area contributed by atoms with E-state index in [2.05, 4.69) is 11.0 Å². The van der Waals surface area contributed by atoms with Crippen molar-refractivity contribution in [2.75, 3.05) is 13.1 Å². The second-order valence-corrected chi connectivity index (χ2v) is 10.6. The van der Waals surface area contributed by atoms with Crippen LogP contribution < -0.4 is 5.73 Å². The molecule has 0 radical (unpaired) electrons. The van der Waals surface area contributed by atoms with Crippen LogP contribution >= 0.6 is 0 Å². The van der Waals surface area contributed by atoms with Gasteiger partial charge in [0.15, 0.2) is 0 Å². The number of fused-ring (bicyclic) bond motifs is 3. The lowest BCUT2D eigenvalue weighted by molar-refractivity contribution is -0.143. The molecule has 5 fully saturated rings. The lowest BCUT2D eigenvalue weighted by Crippen LogP contribution is -2.58. The number of hydrogen-bond donors (Lipinski definition) is 1. The van der Waals surface area contributed by atoms with E-state index in [0.717, 1.165) is 37.7 Å². The lowest BCUT2D eigenvalue weighted by Gasteiger charge is -2.45. The largest absolute Gasteiger partial charge is 0.330 e. The molecule has 8 heteroatoms. The summed E-state index contributed by atoms with van der Waals surface area (Å²) >= 11 is 0. The Bertz CT molecular complexity index is 1010. The van der Waals surface area contributed by atoms with E-state index in [1.165, 1.54) is 18.6 Å². The fraction of sp³-hybridized carbons (Fsp3) is 0.640. The van der Waals surface area contributed by atoms with Gasteiger partial charge in [0.2, 0.25) is 11.8 Å². The van der Waals surface area contributed by atoms with Crippen molar-refractivity contribution in [3.63, 3.8) is 0 Å². The lowest BCUT2D eigenvalue weighted by atomic mass is 9.76. The molecular weight excluding hydrogens is 421 g/mol. The Morgan fingerprint density at radius 2 is 1.97 bits per heavy atom. The Balaban J connectivity index is 1.15. The highest BCUT2D eigenvalue weighted by Crippen LogP contribution is 2.49. The average Bonchev–Trinajstić information content (AvgIpc) is 3.11. The third kappa shape index (κ3) is 3.36. The Morgan fingerprint density at radius 3 is 2.61 bits per heavy atom. The van der Waals surface area contributed by atoms with Gasteiger partial charge in [0.25, 0.3) is 0 Å². The maximum atomic E-state index is 13.5. The van der Waals surface area contributed by atoms with Crippen LogP contribution in [0.2, 0.25) is 0 Å². The summed E-state index contributed by atoms with van der Waals surface area (Å²) in [5.74, 6) is 0.557. The molecule has 7 nitrogen and oxygen atoms in total. The number of nitriles is 1. The van der Waals surface area contributed by atoms with E-state index in [0.29, 0.717) is 24.9 Å². The molecule has 3 aliphatic heterocycles. The van der Waals surface area contributed by atoms with E-state index in [4.69, 9.17) is 5.73 Å². The van der Waals surface area contributed by atoms with Crippen molar-refractivity contribution in [3.05, 3.63) is 35.6 Å². The molecule has 1 unspecified atom stereocenters. The molecule has 0 aromatic heterocycles. The molecule has 2 amide bonds. The van der Waals surface area contributed by atoms with E-state index in [-0.39, 0.29) is 47.8 Å². The summed E-state index contributed by atoms with van der Waals surface area (Å²) in [6, 6.07) is 7.77. The van der Waals surface area contributed by atoms with Gasteiger partial charge in [-0.15, -0.1) is 0 Å². The molecule has 2 N–H and O–H groups in total. The van der Waals surface area contributed by atoms with Gasteiger partial charge in [0.05, 0.1) is 24.2 Å². The van der Waals surface area contributed by atoms with Gasteiger partial charge in [-0.05, 0) is 61.6 Å². The number of nitrogens with two attached hydrogens (primary N) is 1. The summed E-state index contributed by atoms with van der Waals surface area (Å²) in [5, 5.41) is 9.40. The fourth-order valence-corrected chi connectivity index (χ4v) is 6.74. The quantitative estimate of drug-likeness (QED) is 0.712. The van der Waals surface area contributed by atoms with Crippen LogP contribution in [0.15, 0.2) is 24.3 Å². The normalized spacial score (nSPS) is 34.7. The molecule has 0 spiro atoms. The zero-order valence-corrected chi connectivity index (χ0v) is 18.6. The Labute approximate surface area is 193 Å². The first-order valence-electron chi connectivity index (χ1n) is 12.3. The van der Waals surface area contributed by atoms with Gasteiger partial charge in [-0.25, -0.2) is 4.39 Å². The molecule has 33 heavy (non-hydrogen) atoms. The predicted octanol–water partition coefficient (Wildman–Crippen LogP) is 1.79. The Hall–Kier alpha value is -2.50. The smallest absolute Gasteiger partial charge is 0.242 e. The van der Waals surface area contributed by atoms with Crippen molar-refractivity contribution in [1.82, 2.24) is 14.7 Å². The fourth-order valence-electron chi connectivity index (χ4n) is 6.74. The second-order valence-electron chi connectivity index (χ2n) is 10.6. The minimum absolute atomic E-state index is 0.00732. The van der Waals surface area contributed by atoms with Crippen molar-refractivity contribution in [2.45, 2.75) is 74.8 Å². The van der Waals surface area contributed by atoms with E-state index in [1.807, 2.05) is 17.0 Å². The number of piperidine rings is 1. The minimum atomic E-state index is -0.722. The average molecular weight is 452 g/mol. The number of carbonyl (C=O) groups is 2. The predicted molar refractivity (Wildman–Crippen MR) is 118 cm³/mol. The third-order valence-corrected chi connectivity index (χ3v) is 8.68. The number of likely N-dealkylation sites (tertiary alicyclic amines) is 3. The van der Waals surface area contributed by atoms with Crippen LogP contribution in [-0.4, -0.2) is 69.8 Å². The highest BCUT2D eigenvalue weighted by molar-refractivity contribution is 5.87. The molecular formula is C25H30FN5O2. The molecule has 174 valence electrons. The monoisotopic (exact) mass is 451 g/mol. The number of halogens is 1. The highest BCUT2D eigenvalue weighted by atomic mass is 19.1. The molecule has 1 aromatic carbocycles. The van der Waals surface area contributed by atoms with Gasteiger partial charge < -0.3 is 15.5 Å². The van der Waals surface area contributed by atoms with Gasteiger partial charge in [-0.1, -0.05) is 18.6 Å². The maximum Gasteiger partial charge on any atom is 0.242 e. The van der Waals surface area contributed by atoms with Crippen molar-refractivity contribution in [1.29, 1.82) is 5.26 Å². The van der Waals surface area contributed by atoms with E-state index in [1.54, 1.807) is 4.90 Å². The topological polar surface area (TPSA) is 93.7 Å². The number of benzene rings is 1. The number of amides is 2. The summed E-state index contributed by atoms with van der Waals surface area (Å²) in [4.78, 5) is 32.4. The maximum absolute atomic E-state index is 13.5. The van der Waals surface area contributed by atoms with Crippen molar-refractivity contribution in [3.8, 4) is 6.07 Å². The zero-order valence-electron chi connectivity index (χ0n) is 18.6. The molecule has 7 atom stereocenters. The van der Waals surface area contributed by atoms with Crippen LogP contribution in [0, 0.1) is 29.0 Å². The number of rotatable bonds is 6. The highest BCUT2D eigenvalue weighted by Gasteiger charge is 2.56. The Kier molecular flexibility index (Phi) is 4.96. The van der Waals surface area contributed by atoms with E-state index >= 15 is 0 Å². The second kappa shape index (κ2) is 7.78. The number of piperazine rings is 1. The van der Waals surface area contributed by atoms with Gasteiger partial charge in [-0.3, -0.25) is 14.5 Å². The molecule has 2 bridgehead atoms. The summed E-state index contributed by atoms with van der Waals surface area (Å²) in [5.41, 5.74) is 7.34. The summed E-state index contributed by atoms with van der Waals surface area (Å²) in [7, 11) is 0. The zero-order chi connectivity index (χ0) is 22.9. The molecule has 1 aromatic rings. The molecule has 3 saturated heterocycles. The number of hydrogen-bond acceptors (Lipinski definition) is 5. The Morgan fingerprint density at radius 1 is 1.21 bits per heavy atom. The van der Waals surface area contributed by atoms with Gasteiger partial charge in [0, 0.05) is 25.2 Å². The van der Waals surface area contributed by atoms with Crippen molar-refractivity contribution < 1.29 is 14.0 Å². The SMILES string of the molecule is N#C[C@@H]1CC2C[C@@H]2N1C(=O)[C@@H](N)CN1C[C@@H]2C[C@H]1C(=O)N2[C@H](c1ccc(F)cc1)C1CCC1. The van der Waals surface area contributed by atoms with Crippen LogP contribution in [0.5, 0.6) is 0 Å². The van der Waals surface area contributed by atoms with E-state index < -0.39 is 6.04 Å². The molecule has 2 aliphatic carbocycles. The third-order valence-electron chi connectivity index (χ3n) is 8.68. The van der Waals surface area contributed by atoms with Gasteiger partial charge in [-0.2, -0.15) is 5.26 Å². The number of carbonyl (C=O) groups excluding carboxylic acids is 2. The van der Waals surface area contributed by atoms with Crippen LogP contribution in [0.1, 0.15) is 50.1 Å². The van der Waals surface area contributed by atoms with Gasteiger partial charge in [0.1, 0.15) is 11.9 Å². The van der Waals surface area contributed by atoms with Crippen molar-refractivity contribution in [2.24, 2.45) is 17.6 Å². The standard InChI is InChI=1S/C25H30FN5O2/c26-17-6-4-15(5-7-17)23(14-2-1-3-14)31-19-10-22(25(31)33)29(12-19)13-20(28)24(32)30-18(11-27)8-16-9-21(16)30/h4-7,14,16,18-23H,1-3,8-10,12-13,28H2/t16?,18-,19-,20-,21-,22-,23-/m0/s1. The van der Waals surface area contributed by atoms with Gasteiger partial charge >= 0.3 is 0 Å². The molecule has 2 saturated carbocycles. The van der Waals surface area contributed by atoms with Crippen LogP contribution in [0.4, 0.5) is 4.39 Å².